The zero-order valence-electron chi connectivity index (χ0n) is 12.1. The molecule has 5 heteroatoms. The minimum absolute atomic E-state index is 0.651. The van der Waals surface area contributed by atoms with Gasteiger partial charge in [0.2, 0.25) is 5.88 Å². The predicted molar refractivity (Wildman–Crippen MR) is 76.6 cm³/mol. The summed E-state index contributed by atoms with van der Waals surface area (Å²) in [5.41, 5.74) is 0.982. The van der Waals surface area contributed by atoms with Gasteiger partial charge in [0.1, 0.15) is 12.1 Å². The highest BCUT2D eigenvalue weighted by Gasteiger charge is 2.18. The number of hydrogen-bond donors (Lipinski definition) is 1. The third kappa shape index (κ3) is 3.56. The van der Waals surface area contributed by atoms with Crippen molar-refractivity contribution in [3.8, 4) is 5.88 Å². The molecule has 0 aliphatic carbocycles. The van der Waals surface area contributed by atoms with Crippen molar-refractivity contribution in [2.45, 2.75) is 26.7 Å². The molecule has 1 fully saturated rings. The Balaban J connectivity index is 1.86. The summed E-state index contributed by atoms with van der Waals surface area (Å²) >= 11 is 0. The molecular formula is C14H24N4O. The monoisotopic (exact) mass is 264 g/mol. The molecule has 19 heavy (non-hydrogen) atoms. The number of rotatable bonds is 5. The maximum Gasteiger partial charge on any atom is 0.221 e. The summed E-state index contributed by atoms with van der Waals surface area (Å²) in [6.07, 6.45) is 4.08. The lowest BCUT2D eigenvalue weighted by Crippen LogP contribution is -2.35. The van der Waals surface area contributed by atoms with Crippen molar-refractivity contribution in [1.82, 2.24) is 14.9 Å². The number of likely N-dealkylation sites (tertiary alicyclic amines) is 1. The van der Waals surface area contributed by atoms with Gasteiger partial charge in [0.15, 0.2) is 0 Å². The summed E-state index contributed by atoms with van der Waals surface area (Å²) in [6, 6.07) is 0. The lowest BCUT2D eigenvalue weighted by molar-refractivity contribution is 0.198. The van der Waals surface area contributed by atoms with E-state index in [1.54, 1.807) is 13.4 Å². The minimum atomic E-state index is 0.651. The van der Waals surface area contributed by atoms with Gasteiger partial charge in [-0.15, -0.1) is 0 Å². The van der Waals surface area contributed by atoms with Gasteiger partial charge in [-0.25, -0.2) is 9.97 Å². The van der Waals surface area contributed by atoms with E-state index < -0.39 is 0 Å². The van der Waals surface area contributed by atoms with E-state index in [2.05, 4.69) is 27.1 Å². The van der Waals surface area contributed by atoms with Crippen molar-refractivity contribution in [2.75, 3.05) is 38.6 Å². The average Bonchev–Trinajstić information content (AvgIpc) is 2.47. The Kier molecular flexibility index (Phi) is 4.96. The second-order valence-electron chi connectivity index (χ2n) is 5.12. The molecule has 1 aromatic rings. The van der Waals surface area contributed by atoms with Crippen LogP contribution >= 0.6 is 0 Å². The molecule has 5 nitrogen and oxygen atoms in total. The lowest BCUT2D eigenvalue weighted by atomic mass is 9.97. The van der Waals surface area contributed by atoms with Crippen LogP contribution < -0.4 is 10.1 Å². The molecule has 1 aliphatic heterocycles. The molecule has 0 atom stereocenters. The van der Waals surface area contributed by atoms with Crippen LogP contribution in [0.25, 0.3) is 0 Å². The van der Waals surface area contributed by atoms with E-state index in [-0.39, 0.29) is 0 Å². The van der Waals surface area contributed by atoms with Crippen molar-refractivity contribution in [1.29, 1.82) is 0 Å². The van der Waals surface area contributed by atoms with Gasteiger partial charge in [0, 0.05) is 6.54 Å². The summed E-state index contributed by atoms with van der Waals surface area (Å²) in [5.74, 6) is 2.28. The molecule has 2 heterocycles. The summed E-state index contributed by atoms with van der Waals surface area (Å²) in [6.45, 7) is 8.81. The van der Waals surface area contributed by atoms with Crippen molar-refractivity contribution in [3.63, 3.8) is 0 Å². The topological polar surface area (TPSA) is 50.3 Å². The quantitative estimate of drug-likeness (QED) is 0.880. The van der Waals surface area contributed by atoms with Crippen molar-refractivity contribution < 1.29 is 4.74 Å². The molecule has 1 saturated heterocycles. The highest BCUT2D eigenvalue weighted by Crippen LogP contribution is 2.22. The predicted octanol–water partition coefficient (Wildman–Crippen LogP) is 1.94. The Hall–Kier alpha value is -1.36. The van der Waals surface area contributed by atoms with Crippen LogP contribution in [-0.4, -0.2) is 48.2 Å². The molecule has 1 aromatic heterocycles. The molecular weight excluding hydrogens is 240 g/mol. The third-order valence-electron chi connectivity index (χ3n) is 3.94. The molecule has 0 bridgehead atoms. The fourth-order valence-corrected chi connectivity index (χ4v) is 2.57. The Morgan fingerprint density at radius 3 is 2.74 bits per heavy atom. The van der Waals surface area contributed by atoms with Crippen LogP contribution in [0.2, 0.25) is 0 Å². The zero-order chi connectivity index (χ0) is 13.7. The minimum Gasteiger partial charge on any atom is -0.481 e. The first kappa shape index (κ1) is 14.1. The molecule has 0 unspecified atom stereocenters. The normalized spacial score (nSPS) is 17.4. The van der Waals surface area contributed by atoms with E-state index in [0.29, 0.717) is 5.88 Å². The highest BCUT2D eigenvalue weighted by atomic mass is 16.5. The highest BCUT2D eigenvalue weighted by molar-refractivity contribution is 5.47. The Labute approximate surface area is 115 Å². The van der Waals surface area contributed by atoms with Gasteiger partial charge < -0.3 is 15.0 Å². The third-order valence-corrected chi connectivity index (χ3v) is 3.94. The SMILES string of the molecule is CCN1CCC(CNc2ncnc(OC)c2C)CC1. The smallest absolute Gasteiger partial charge is 0.221 e. The van der Waals surface area contributed by atoms with Gasteiger partial charge in [-0.2, -0.15) is 0 Å². The first-order chi connectivity index (χ1) is 9.24. The van der Waals surface area contributed by atoms with Gasteiger partial charge in [-0.3, -0.25) is 0 Å². The van der Waals surface area contributed by atoms with Crippen molar-refractivity contribution >= 4 is 5.82 Å². The molecule has 0 aromatic carbocycles. The second-order valence-corrected chi connectivity index (χ2v) is 5.12. The van der Waals surface area contributed by atoms with Crippen LogP contribution in [0.3, 0.4) is 0 Å². The van der Waals surface area contributed by atoms with Gasteiger partial charge in [-0.05, 0) is 45.3 Å². The van der Waals surface area contributed by atoms with Gasteiger partial charge in [-0.1, -0.05) is 6.92 Å². The van der Waals surface area contributed by atoms with E-state index in [1.165, 1.54) is 32.5 Å². The van der Waals surface area contributed by atoms with Crippen LogP contribution in [-0.2, 0) is 0 Å². The molecule has 0 saturated carbocycles. The summed E-state index contributed by atoms with van der Waals surface area (Å²) in [4.78, 5) is 10.9. The number of piperidine rings is 1. The first-order valence-electron chi connectivity index (χ1n) is 7.06. The summed E-state index contributed by atoms with van der Waals surface area (Å²) in [7, 11) is 1.64. The van der Waals surface area contributed by atoms with Crippen LogP contribution in [0.15, 0.2) is 6.33 Å². The largest absolute Gasteiger partial charge is 0.481 e. The Bertz CT molecular complexity index is 402. The van der Waals surface area contributed by atoms with Crippen LogP contribution in [0.4, 0.5) is 5.82 Å². The maximum atomic E-state index is 5.21. The molecule has 1 N–H and O–H groups in total. The van der Waals surface area contributed by atoms with E-state index in [1.807, 2.05) is 6.92 Å². The number of methoxy groups -OCH3 is 1. The number of nitrogens with zero attached hydrogens (tertiary/aromatic N) is 3. The van der Waals surface area contributed by atoms with Crippen LogP contribution in [0, 0.1) is 12.8 Å². The van der Waals surface area contributed by atoms with E-state index in [4.69, 9.17) is 4.74 Å². The first-order valence-corrected chi connectivity index (χ1v) is 7.06. The van der Waals surface area contributed by atoms with E-state index in [0.717, 1.165) is 23.8 Å². The lowest BCUT2D eigenvalue weighted by Gasteiger charge is -2.31. The van der Waals surface area contributed by atoms with Crippen molar-refractivity contribution in [3.05, 3.63) is 11.9 Å². The Morgan fingerprint density at radius 2 is 2.11 bits per heavy atom. The van der Waals surface area contributed by atoms with Crippen LogP contribution in [0.1, 0.15) is 25.3 Å². The van der Waals surface area contributed by atoms with Gasteiger partial charge in [0.05, 0.1) is 12.7 Å². The van der Waals surface area contributed by atoms with E-state index >= 15 is 0 Å². The molecule has 1 aliphatic rings. The second kappa shape index (κ2) is 6.70. The Morgan fingerprint density at radius 1 is 1.37 bits per heavy atom. The number of aromatic nitrogens is 2. The molecule has 106 valence electrons. The van der Waals surface area contributed by atoms with Gasteiger partial charge in [0.25, 0.3) is 0 Å². The maximum absolute atomic E-state index is 5.21. The summed E-state index contributed by atoms with van der Waals surface area (Å²) in [5, 5.41) is 3.44. The van der Waals surface area contributed by atoms with Crippen LogP contribution in [0.5, 0.6) is 5.88 Å². The molecule has 0 spiro atoms. The fraction of sp³-hybridized carbons (Fsp3) is 0.714. The number of ether oxygens (including phenoxy) is 1. The van der Waals surface area contributed by atoms with E-state index in [9.17, 15) is 0 Å². The van der Waals surface area contributed by atoms with Crippen molar-refractivity contribution in [2.24, 2.45) is 5.92 Å². The number of anilines is 1. The molecule has 0 amide bonds. The van der Waals surface area contributed by atoms with Gasteiger partial charge >= 0.3 is 0 Å². The fourth-order valence-electron chi connectivity index (χ4n) is 2.57. The summed E-state index contributed by atoms with van der Waals surface area (Å²) < 4.78 is 5.21. The molecule has 0 radical (unpaired) electrons. The number of nitrogens with one attached hydrogen (secondary N) is 1. The average molecular weight is 264 g/mol. The standard InChI is InChI=1S/C14H24N4O/c1-4-18-7-5-12(6-8-18)9-15-13-11(2)14(19-3)17-10-16-13/h10,12H,4-9H2,1-3H3,(H,15,16,17). The number of hydrogen-bond acceptors (Lipinski definition) is 5. The molecule has 2 rings (SSSR count). The zero-order valence-corrected chi connectivity index (χ0v) is 12.1.